The van der Waals surface area contributed by atoms with Crippen molar-refractivity contribution in [1.82, 2.24) is 0 Å². The number of aliphatic hydroxyl groups is 1. The summed E-state index contributed by atoms with van der Waals surface area (Å²) in [4.78, 5) is 73.2. The summed E-state index contributed by atoms with van der Waals surface area (Å²) >= 11 is 0. The summed E-state index contributed by atoms with van der Waals surface area (Å²) in [7, 11) is -9.93. The van der Waals surface area contributed by atoms with Crippen LogP contribution in [-0.2, 0) is 65.4 Å². The van der Waals surface area contributed by atoms with Crippen molar-refractivity contribution in [2.75, 3.05) is 39.6 Å². The molecule has 19 heteroatoms. The van der Waals surface area contributed by atoms with Gasteiger partial charge in [-0.1, -0.05) is 414 Å². The molecule has 0 saturated carbocycles. The number of aliphatic hydroxyl groups excluding tert-OH is 1. The SMILES string of the molecule is CCCCCCCCCCCCCCCCCCCCCCC(=O)O[C@H](COC(=O)CCCCCCCCCCCCCCCCCC(C)C)COP(=O)(O)OC[C@@H](O)COP(=O)(O)OC[C@@H](COC(=O)CCCCCCCCCCCC)OC(=O)CCCCCCCCCCCCCCCCC(C)CC. The minimum absolute atomic E-state index is 0.108. The molecule has 0 aliphatic heterocycles. The Morgan fingerprint density at radius 1 is 0.274 bits per heavy atom. The van der Waals surface area contributed by atoms with Crippen molar-refractivity contribution in [2.24, 2.45) is 11.8 Å². The molecule has 6 atom stereocenters. The van der Waals surface area contributed by atoms with E-state index in [-0.39, 0.29) is 25.7 Å². The first kappa shape index (κ1) is 104. The van der Waals surface area contributed by atoms with Gasteiger partial charge in [0.05, 0.1) is 26.4 Å². The Morgan fingerprint density at radius 2 is 0.481 bits per heavy atom. The highest BCUT2D eigenvalue weighted by Gasteiger charge is 2.30. The van der Waals surface area contributed by atoms with Gasteiger partial charge in [-0.15, -0.1) is 0 Å². The van der Waals surface area contributed by atoms with E-state index >= 15 is 0 Å². The molecule has 0 heterocycles. The van der Waals surface area contributed by atoms with Crippen LogP contribution >= 0.6 is 15.6 Å². The van der Waals surface area contributed by atoms with E-state index in [1.54, 1.807) is 0 Å². The molecule has 0 aliphatic carbocycles. The highest BCUT2D eigenvalue weighted by Crippen LogP contribution is 2.45. The number of carbonyl (C=O) groups is 4. The first-order valence-electron chi connectivity index (χ1n) is 45.0. The number of hydrogen-bond donors (Lipinski definition) is 3. The Kier molecular flexibility index (Phi) is 76.9. The Labute approximate surface area is 651 Å². The predicted octanol–water partition coefficient (Wildman–Crippen LogP) is 26.6. The molecule has 0 aliphatic rings. The first-order valence-corrected chi connectivity index (χ1v) is 48.0. The van der Waals surface area contributed by atoms with E-state index in [1.807, 2.05) is 0 Å². The van der Waals surface area contributed by atoms with Gasteiger partial charge in [0.15, 0.2) is 12.2 Å². The summed E-state index contributed by atoms with van der Waals surface area (Å²) in [5, 5.41) is 10.7. The third-order valence-corrected chi connectivity index (χ3v) is 22.7. The molecule has 0 bridgehead atoms. The summed E-state index contributed by atoms with van der Waals surface area (Å²) in [6, 6.07) is 0. The summed E-state index contributed by atoms with van der Waals surface area (Å²) in [6.07, 6.45) is 70.7. The zero-order valence-electron chi connectivity index (χ0n) is 69.7. The maximum absolute atomic E-state index is 13.2. The molecule has 3 N–H and O–H groups in total. The summed E-state index contributed by atoms with van der Waals surface area (Å²) < 4.78 is 68.9. The quantitative estimate of drug-likeness (QED) is 0.0222. The number of hydrogen-bond acceptors (Lipinski definition) is 15. The fourth-order valence-electron chi connectivity index (χ4n) is 13.6. The lowest BCUT2D eigenvalue weighted by molar-refractivity contribution is -0.161. The number of esters is 4. The Hall–Kier alpha value is -1.94. The van der Waals surface area contributed by atoms with Gasteiger partial charge >= 0.3 is 39.5 Å². The molecular formula is C87H170O17P2. The van der Waals surface area contributed by atoms with E-state index in [4.69, 9.17) is 37.0 Å². The van der Waals surface area contributed by atoms with Crippen LogP contribution in [0, 0.1) is 11.8 Å². The lowest BCUT2D eigenvalue weighted by Crippen LogP contribution is -2.30. The number of rotatable bonds is 86. The standard InChI is InChI=1S/C87H170O17P2/c1-7-10-12-14-16-18-20-21-22-23-24-25-26-29-36-41-47-53-59-65-71-86(91)104-83(76-98-85(90)70-64-58-52-46-40-35-30-27-28-33-38-43-49-55-61-67-79(4)5)78-102-106(95,96)100-74-81(88)73-99-105(93,94)101-77-82(75-97-84(89)69-63-57-51-45-19-17-15-13-11-8-2)103-87(92)72-66-60-54-48-42-37-32-31-34-39-44-50-56-62-68-80(6)9-3/h79-83,88H,7-78H2,1-6H3,(H,93,94)(H,95,96)/t80?,81-,82+,83+/m0/s1. The monoisotopic (exact) mass is 1550 g/mol. The highest BCUT2D eigenvalue weighted by molar-refractivity contribution is 7.47. The molecule has 106 heavy (non-hydrogen) atoms. The van der Waals surface area contributed by atoms with Gasteiger partial charge in [-0.3, -0.25) is 37.3 Å². The van der Waals surface area contributed by atoms with E-state index in [1.165, 1.54) is 283 Å². The molecule has 630 valence electrons. The smallest absolute Gasteiger partial charge is 0.462 e. The molecule has 0 amide bonds. The minimum atomic E-state index is -4.97. The van der Waals surface area contributed by atoms with Gasteiger partial charge in [-0.25, -0.2) is 9.13 Å². The minimum Gasteiger partial charge on any atom is -0.462 e. The molecule has 0 aromatic carbocycles. The van der Waals surface area contributed by atoms with Crippen molar-refractivity contribution < 1.29 is 80.2 Å². The molecular weight excluding hydrogens is 1380 g/mol. The van der Waals surface area contributed by atoms with Crippen molar-refractivity contribution in [1.29, 1.82) is 0 Å². The van der Waals surface area contributed by atoms with Gasteiger partial charge in [0.25, 0.3) is 0 Å². The lowest BCUT2D eigenvalue weighted by atomic mass is 9.99. The number of phosphoric acid groups is 2. The van der Waals surface area contributed by atoms with Crippen LogP contribution in [0.2, 0.25) is 0 Å². The maximum Gasteiger partial charge on any atom is 0.472 e. The van der Waals surface area contributed by atoms with Crippen molar-refractivity contribution >= 4 is 39.5 Å². The second kappa shape index (κ2) is 78.3. The van der Waals surface area contributed by atoms with Gasteiger partial charge in [-0.05, 0) is 37.5 Å². The van der Waals surface area contributed by atoms with Gasteiger partial charge in [0, 0.05) is 25.7 Å². The van der Waals surface area contributed by atoms with E-state index < -0.39 is 97.5 Å². The summed E-state index contributed by atoms with van der Waals surface area (Å²) in [5.74, 6) is -0.448. The van der Waals surface area contributed by atoms with Crippen LogP contribution in [0.15, 0.2) is 0 Å². The third-order valence-electron chi connectivity index (χ3n) is 20.8. The van der Waals surface area contributed by atoms with E-state index in [0.29, 0.717) is 25.7 Å². The molecule has 0 rings (SSSR count). The largest absolute Gasteiger partial charge is 0.472 e. The van der Waals surface area contributed by atoms with Crippen LogP contribution in [0.1, 0.15) is 465 Å². The van der Waals surface area contributed by atoms with Crippen LogP contribution in [0.25, 0.3) is 0 Å². The average Bonchev–Trinajstić information content (AvgIpc) is 0.902. The number of ether oxygens (including phenoxy) is 4. The first-order chi connectivity index (χ1) is 51.4. The average molecular weight is 1550 g/mol. The number of carbonyl (C=O) groups excluding carboxylic acids is 4. The molecule has 0 radical (unpaired) electrons. The van der Waals surface area contributed by atoms with Crippen molar-refractivity contribution in [3.63, 3.8) is 0 Å². The van der Waals surface area contributed by atoms with Crippen LogP contribution in [0.5, 0.6) is 0 Å². The van der Waals surface area contributed by atoms with Crippen LogP contribution in [0.3, 0.4) is 0 Å². The lowest BCUT2D eigenvalue weighted by Gasteiger charge is -2.21. The summed E-state index contributed by atoms with van der Waals surface area (Å²) in [6.45, 7) is 9.75. The second-order valence-corrected chi connectivity index (χ2v) is 34.9. The van der Waals surface area contributed by atoms with Crippen LogP contribution in [-0.4, -0.2) is 96.7 Å². The van der Waals surface area contributed by atoms with Gasteiger partial charge in [0.1, 0.15) is 19.3 Å². The van der Waals surface area contributed by atoms with E-state index in [2.05, 4.69) is 41.5 Å². The predicted molar refractivity (Wildman–Crippen MR) is 437 cm³/mol. The van der Waals surface area contributed by atoms with Gasteiger partial charge < -0.3 is 33.8 Å². The fourth-order valence-corrected chi connectivity index (χ4v) is 15.1. The highest BCUT2D eigenvalue weighted by atomic mass is 31.2. The van der Waals surface area contributed by atoms with Crippen molar-refractivity contribution in [3.05, 3.63) is 0 Å². The van der Waals surface area contributed by atoms with E-state index in [9.17, 15) is 43.2 Å². The molecule has 0 aromatic rings. The normalized spacial score (nSPS) is 14.1. The number of unbranched alkanes of at least 4 members (excludes halogenated alkanes) is 55. The number of phosphoric ester groups is 2. The molecule has 0 fully saturated rings. The Morgan fingerprint density at radius 3 is 0.717 bits per heavy atom. The molecule has 0 saturated heterocycles. The molecule has 17 nitrogen and oxygen atoms in total. The zero-order valence-corrected chi connectivity index (χ0v) is 71.5. The van der Waals surface area contributed by atoms with Gasteiger partial charge in [-0.2, -0.15) is 0 Å². The van der Waals surface area contributed by atoms with Crippen molar-refractivity contribution in [2.45, 2.75) is 484 Å². The molecule has 0 aromatic heterocycles. The molecule has 0 spiro atoms. The van der Waals surface area contributed by atoms with Gasteiger partial charge in [0.2, 0.25) is 0 Å². The fraction of sp³-hybridized carbons (Fsp3) is 0.954. The Balaban J connectivity index is 5.23. The van der Waals surface area contributed by atoms with Crippen LogP contribution in [0.4, 0.5) is 0 Å². The van der Waals surface area contributed by atoms with Crippen LogP contribution < -0.4 is 0 Å². The maximum atomic E-state index is 13.2. The zero-order chi connectivity index (χ0) is 77.8. The third kappa shape index (κ3) is 78.7. The van der Waals surface area contributed by atoms with E-state index in [0.717, 1.165) is 102 Å². The molecule has 3 unspecified atom stereocenters. The summed E-state index contributed by atoms with van der Waals surface area (Å²) in [5.41, 5.74) is 0. The topological polar surface area (TPSA) is 237 Å². The Bertz CT molecular complexity index is 2030. The van der Waals surface area contributed by atoms with Crippen molar-refractivity contribution in [3.8, 4) is 0 Å². The second-order valence-electron chi connectivity index (χ2n) is 32.0.